The van der Waals surface area contributed by atoms with Gasteiger partial charge in [0.25, 0.3) is 0 Å². The van der Waals surface area contributed by atoms with Crippen molar-refractivity contribution in [1.29, 1.82) is 0 Å². The van der Waals surface area contributed by atoms with Crippen molar-refractivity contribution < 1.29 is 9.63 Å². The summed E-state index contributed by atoms with van der Waals surface area (Å²) in [5.41, 5.74) is 3.05. The van der Waals surface area contributed by atoms with E-state index in [0.29, 0.717) is 29.3 Å². The maximum absolute atomic E-state index is 12.3. The maximum atomic E-state index is 12.3. The fourth-order valence-corrected chi connectivity index (χ4v) is 3.07. The number of hydrogen-bond acceptors (Lipinski definition) is 4. The quantitative estimate of drug-likeness (QED) is 0.539. The molecule has 0 aliphatic rings. The third-order valence-electron chi connectivity index (χ3n) is 4.20. The van der Waals surface area contributed by atoms with E-state index in [4.69, 9.17) is 4.52 Å². The van der Waals surface area contributed by atoms with Crippen LogP contribution in [0.15, 0.2) is 39.8 Å². The van der Waals surface area contributed by atoms with Crippen LogP contribution in [-0.2, 0) is 6.42 Å². The Kier molecular flexibility index (Phi) is 3.09. The highest BCUT2D eigenvalue weighted by Gasteiger charge is 2.21. The second-order valence-corrected chi connectivity index (χ2v) is 5.78. The average Bonchev–Trinajstić information content (AvgIpc) is 3.20. The molecule has 0 aliphatic carbocycles. The Morgan fingerprint density at radius 3 is 2.83 bits per heavy atom. The Balaban J connectivity index is 1.81. The zero-order chi connectivity index (χ0) is 16.8. The van der Waals surface area contributed by atoms with Crippen molar-refractivity contribution in [3.8, 4) is 11.6 Å². The Labute approximate surface area is 136 Å². The van der Waals surface area contributed by atoms with Crippen molar-refractivity contribution in [3.05, 3.63) is 63.7 Å². The Bertz CT molecular complexity index is 1080. The molecule has 0 atom stereocenters. The Morgan fingerprint density at radius 2 is 2.08 bits per heavy atom. The van der Waals surface area contributed by atoms with Crippen LogP contribution in [0.4, 0.5) is 0 Å². The molecule has 3 heterocycles. The summed E-state index contributed by atoms with van der Waals surface area (Å²) >= 11 is 0. The first-order valence-electron chi connectivity index (χ1n) is 7.57. The molecule has 0 unspecified atom stereocenters. The lowest BCUT2D eigenvalue weighted by atomic mass is 10.1. The summed E-state index contributed by atoms with van der Waals surface area (Å²) in [7, 11) is 0. The normalized spacial score (nSPS) is 11.4. The molecule has 4 rings (SSSR count). The van der Waals surface area contributed by atoms with Crippen LogP contribution in [0.5, 0.6) is 5.88 Å². The second-order valence-electron chi connectivity index (χ2n) is 5.78. The standard InChI is InChI=1S/C17H16N4O3/c1-9-15(10(2)24-20-9)21-16(22)14(19-17(21)23)7-11-8-18-13-6-4-3-5-12(11)13/h3-6,8,18,22H,7H2,1-2H3,(H,19,23). The number of nitrogens with one attached hydrogen (secondary N) is 2. The van der Waals surface area contributed by atoms with Crippen molar-refractivity contribution >= 4 is 10.9 Å². The van der Waals surface area contributed by atoms with Gasteiger partial charge < -0.3 is 19.6 Å². The van der Waals surface area contributed by atoms with Crippen LogP contribution < -0.4 is 5.69 Å². The summed E-state index contributed by atoms with van der Waals surface area (Å²) in [4.78, 5) is 18.2. The molecule has 7 nitrogen and oxygen atoms in total. The molecule has 0 radical (unpaired) electrons. The number of fused-ring (bicyclic) bond motifs is 1. The van der Waals surface area contributed by atoms with Gasteiger partial charge in [-0.3, -0.25) is 0 Å². The number of aryl methyl sites for hydroxylation is 2. The van der Waals surface area contributed by atoms with Crippen LogP contribution in [0.1, 0.15) is 22.7 Å². The lowest BCUT2D eigenvalue weighted by Gasteiger charge is -2.03. The van der Waals surface area contributed by atoms with Gasteiger partial charge in [-0.05, 0) is 25.5 Å². The van der Waals surface area contributed by atoms with Gasteiger partial charge in [-0.15, -0.1) is 0 Å². The molecule has 0 spiro atoms. The summed E-state index contributed by atoms with van der Waals surface area (Å²) in [6, 6.07) is 7.89. The van der Waals surface area contributed by atoms with E-state index in [1.165, 1.54) is 4.57 Å². The molecule has 3 N–H and O–H groups in total. The number of H-pyrrole nitrogens is 2. The molecule has 0 saturated heterocycles. The van der Waals surface area contributed by atoms with E-state index in [0.717, 1.165) is 16.5 Å². The van der Waals surface area contributed by atoms with Gasteiger partial charge in [-0.1, -0.05) is 23.4 Å². The molecule has 4 aromatic rings. The molecular formula is C17H16N4O3. The van der Waals surface area contributed by atoms with E-state index in [9.17, 15) is 9.90 Å². The van der Waals surface area contributed by atoms with Gasteiger partial charge in [0.2, 0.25) is 5.88 Å². The number of aromatic hydroxyl groups is 1. The minimum atomic E-state index is -0.420. The zero-order valence-electron chi connectivity index (χ0n) is 13.3. The molecule has 0 bridgehead atoms. The molecule has 0 fully saturated rings. The third kappa shape index (κ3) is 2.05. The van der Waals surface area contributed by atoms with Gasteiger partial charge >= 0.3 is 5.69 Å². The highest BCUT2D eigenvalue weighted by atomic mass is 16.5. The fourth-order valence-electron chi connectivity index (χ4n) is 3.07. The summed E-state index contributed by atoms with van der Waals surface area (Å²) in [6.45, 7) is 3.43. The van der Waals surface area contributed by atoms with Crippen LogP contribution in [0.2, 0.25) is 0 Å². The summed E-state index contributed by atoms with van der Waals surface area (Å²) in [5.74, 6) is 0.349. The van der Waals surface area contributed by atoms with E-state index in [2.05, 4.69) is 15.1 Å². The van der Waals surface area contributed by atoms with Gasteiger partial charge in [0.1, 0.15) is 11.4 Å². The maximum Gasteiger partial charge on any atom is 0.333 e. The second kappa shape index (κ2) is 5.16. The number of aromatic nitrogens is 4. The summed E-state index contributed by atoms with van der Waals surface area (Å²) in [5, 5.41) is 15.4. The predicted molar refractivity (Wildman–Crippen MR) is 88.7 cm³/mol. The zero-order valence-corrected chi connectivity index (χ0v) is 13.3. The Hall–Kier alpha value is -3.22. The largest absolute Gasteiger partial charge is 0.493 e. The monoisotopic (exact) mass is 324 g/mol. The number of imidazole rings is 1. The van der Waals surface area contributed by atoms with Crippen molar-refractivity contribution in [2.75, 3.05) is 0 Å². The molecule has 24 heavy (non-hydrogen) atoms. The predicted octanol–water partition coefficient (Wildman–Crippen LogP) is 2.55. The number of rotatable bonds is 3. The number of nitrogens with zero attached hydrogens (tertiary/aromatic N) is 2. The van der Waals surface area contributed by atoms with Crippen molar-refractivity contribution in [1.82, 2.24) is 19.7 Å². The first-order valence-corrected chi connectivity index (χ1v) is 7.57. The molecule has 7 heteroatoms. The van der Waals surface area contributed by atoms with Crippen molar-refractivity contribution in [2.24, 2.45) is 0 Å². The van der Waals surface area contributed by atoms with Gasteiger partial charge in [0.15, 0.2) is 5.76 Å². The molecular weight excluding hydrogens is 308 g/mol. The van der Waals surface area contributed by atoms with Crippen LogP contribution in [0.3, 0.4) is 0 Å². The smallest absolute Gasteiger partial charge is 0.333 e. The van der Waals surface area contributed by atoms with E-state index < -0.39 is 5.69 Å². The number of aromatic amines is 2. The first kappa shape index (κ1) is 14.4. The summed E-state index contributed by atoms with van der Waals surface area (Å²) < 4.78 is 6.29. The van der Waals surface area contributed by atoms with E-state index in [-0.39, 0.29) is 5.88 Å². The highest BCUT2D eigenvalue weighted by Crippen LogP contribution is 2.27. The minimum Gasteiger partial charge on any atom is -0.493 e. The number of benzene rings is 1. The molecule has 122 valence electrons. The van der Waals surface area contributed by atoms with Crippen LogP contribution in [0, 0.1) is 13.8 Å². The molecule has 0 saturated carbocycles. The van der Waals surface area contributed by atoms with E-state index in [1.54, 1.807) is 13.8 Å². The van der Waals surface area contributed by atoms with Gasteiger partial charge in [-0.25, -0.2) is 9.36 Å². The molecule has 0 aliphatic heterocycles. The lowest BCUT2D eigenvalue weighted by molar-refractivity contribution is 0.391. The average molecular weight is 324 g/mol. The van der Waals surface area contributed by atoms with E-state index in [1.807, 2.05) is 30.5 Å². The lowest BCUT2D eigenvalue weighted by Crippen LogP contribution is -2.15. The Morgan fingerprint density at radius 1 is 1.29 bits per heavy atom. The van der Waals surface area contributed by atoms with Gasteiger partial charge in [0, 0.05) is 23.5 Å². The third-order valence-corrected chi connectivity index (χ3v) is 4.20. The SMILES string of the molecule is Cc1noc(C)c1-n1c(O)c(Cc2c[nH]c3ccccc23)[nH]c1=O. The fraction of sp³-hybridized carbons (Fsp3) is 0.176. The van der Waals surface area contributed by atoms with Crippen molar-refractivity contribution in [2.45, 2.75) is 20.3 Å². The minimum absolute atomic E-state index is 0.125. The van der Waals surface area contributed by atoms with Gasteiger partial charge in [0.05, 0.1) is 5.69 Å². The van der Waals surface area contributed by atoms with Crippen molar-refractivity contribution in [3.63, 3.8) is 0 Å². The topological polar surface area (TPSA) is 99.8 Å². The van der Waals surface area contributed by atoms with Crippen LogP contribution in [0.25, 0.3) is 16.6 Å². The molecule has 3 aromatic heterocycles. The molecule has 1 aromatic carbocycles. The molecule has 0 amide bonds. The summed E-state index contributed by atoms with van der Waals surface area (Å²) in [6.07, 6.45) is 2.29. The number of hydrogen-bond donors (Lipinski definition) is 3. The van der Waals surface area contributed by atoms with Crippen LogP contribution >= 0.6 is 0 Å². The van der Waals surface area contributed by atoms with Crippen LogP contribution in [-0.4, -0.2) is 24.8 Å². The van der Waals surface area contributed by atoms with E-state index >= 15 is 0 Å². The number of para-hydroxylation sites is 1. The first-order chi connectivity index (χ1) is 11.6. The van der Waals surface area contributed by atoms with Gasteiger partial charge in [-0.2, -0.15) is 0 Å². The highest BCUT2D eigenvalue weighted by molar-refractivity contribution is 5.83.